The molecule has 0 aliphatic heterocycles. The minimum absolute atomic E-state index is 0.0188. The van der Waals surface area contributed by atoms with Gasteiger partial charge in [-0.25, -0.2) is 0 Å². The first-order valence-corrected chi connectivity index (χ1v) is 4.90. The van der Waals surface area contributed by atoms with Gasteiger partial charge in [0.15, 0.2) is 0 Å². The van der Waals surface area contributed by atoms with Gasteiger partial charge in [-0.2, -0.15) is 0 Å². The zero-order valence-electron chi connectivity index (χ0n) is 6.76. The van der Waals surface area contributed by atoms with Crippen molar-refractivity contribution in [3.8, 4) is 0 Å². The molecule has 1 nitrogen and oxygen atoms in total. The summed E-state index contributed by atoms with van der Waals surface area (Å²) in [7, 11) is 0. The normalized spacial score (nSPS) is 10.0. The third kappa shape index (κ3) is 6.32. The Morgan fingerprint density at radius 3 is 2.36 bits per heavy atom. The van der Waals surface area contributed by atoms with Crippen LogP contribution in [-0.2, 0) is 4.74 Å². The molecule has 0 radical (unpaired) electrons. The Hall–Kier alpha value is -0.0800. The summed E-state index contributed by atoms with van der Waals surface area (Å²) in [6, 6.07) is 0. The third-order valence-electron chi connectivity index (χ3n) is 1.30. The van der Waals surface area contributed by atoms with E-state index in [1.165, 1.54) is 0 Å². The summed E-state index contributed by atoms with van der Waals surface area (Å²) in [5.74, 6) is 0. The van der Waals surface area contributed by atoms with Crippen molar-refractivity contribution in [3.63, 3.8) is 0 Å². The summed E-state index contributed by atoms with van der Waals surface area (Å²) in [5.41, 5.74) is 0. The lowest BCUT2D eigenvalue weighted by Crippen LogP contribution is -2.06. The van der Waals surface area contributed by atoms with E-state index < -0.39 is 0 Å². The first-order chi connectivity index (χ1) is 5.35. The average molecular weight is 219 g/mol. The second-order valence-corrected chi connectivity index (χ2v) is 3.00. The van der Waals surface area contributed by atoms with Crippen molar-refractivity contribution < 1.29 is 4.74 Å². The van der Waals surface area contributed by atoms with Crippen LogP contribution in [0.3, 0.4) is 0 Å². The lowest BCUT2D eigenvalue weighted by Gasteiger charge is -2.07. The molecule has 0 unspecified atom stereocenters. The van der Waals surface area contributed by atoms with E-state index in [4.69, 9.17) is 4.74 Å². The number of halogens is 1. The van der Waals surface area contributed by atoms with Gasteiger partial charge >= 0.3 is 0 Å². The van der Waals surface area contributed by atoms with E-state index in [1.54, 1.807) is 12.2 Å². The zero-order valence-corrected chi connectivity index (χ0v) is 8.35. The summed E-state index contributed by atoms with van der Waals surface area (Å²) in [6.45, 7) is 8.04. The van der Waals surface area contributed by atoms with Crippen LogP contribution < -0.4 is 0 Å². The van der Waals surface area contributed by atoms with Crippen LogP contribution >= 0.6 is 15.9 Å². The monoisotopic (exact) mass is 218 g/mol. The van der Waals surface area contributed by atoms with E-state index in [0.717, 1.165) is 24.8 Å². The molecule has 0 aliphatic carbocycles. The van der Waals surface area contributed by atoms with Crippen LogP contribution in [0.15, 0.2) is 25.3 Å². The fourth-order valence-electron chi connectivity index (χ4n) is 0.648. The number of hydrogen-bond donors (Lipinski definition) is 0. The van der Waals surface area contributed by atoms with Crippen LogP contribution in [-0.4, -0.2) is 18.0 Å². The van der Waals surface area contributed by atoms with Crippen molar-refractivity contribution in [3.05, 3.63) is 25.3 Å². The van der Waals surface area contributed by atoms with Gasteiger partial charge in [-0.1, -0.05) is 28.1 Å². The van der Waals surface area contributed by atoms with Gasteiger partial charge in [0, 0.05) is 11.9 Å². The highest BCUT2D eigenvalue weighted by Crippen LogP contribution is 1.99. The molecule has 0 aromatic carbocycles. The van der Waals surface area contributed by atoms with Crippen molar-refractivity contribution in [2.75, 3.05) is 11.9 Å². The number of ether oxygens (including phenoxy) is 1. The molecule has 0 aliphatic rings. The van der Waals surface area contributed by atoms with Crippen molar-refractivity contribution >= 4 is 15.9 Å². The van der Waals surface area contributed by atoms with Crippen LogP contribution in [0, 0.1) is 0 Å². The number of unbranched alkanes of at least 4 members (excludes halogenated alkanes) is 1. The molecular formula is C9H15BrO. The van der Waals surface area contributed by atoms with Crippen molar-refractivity contribution in [1.82, 2.24) is 0 Å². The van der Waals surface area contributed by atoms with E-state index in [2.05, 4.69) is 29.1 Å². The van der Waals surface area contributed by atoms with Crippen LogP contribution in [0.2, 0.25) is 0 Å². The predicted octanol–water partition coefficient (Wildman–Crippen LogP) is 2.92. The summed E-state index contributed by atoms with van der Waals surface area (Å²) in [5, 5.41) is 1.04. The molecule has 0 saturated carbocycles. The average Bonchev–Trinajstić information content (AvgIpc) is 2.05. The lowest BCUT2D eigenvalue weighted by atomic mass is 10.3. The molecule has 0 amide bonds. The van der Waals surface area contributed by atoms with Gasteiger partial charge in [0.25, 0.3) is 0 Å². The number of hydrogen-bond acceptors (Lipinski definition) is 1. The fourth-order valence-corrected chi connectivity index (χ4v) is 1.04. The highest BCUT2D eigenvalue weighted by molar-refractivity contribution is 9.09. The molecule has 0 N–H and O–H groups in total. The molecule has 0 heterocycles. The SMILES string of the molecule is C=CC(C=C)OCCCCBr. The molecule has 0 atom stereocenters. The Morgan fingerprint density at radius 1 is 1.27 bits per heavy atom. The highest BCUT2D eigenvalue weighted by Gasteiger charge is 1.95. The van der Waals surface area contributed by atoms with Crippen LogP contribution in [0.4, 0.5) is 0 Å². The Labute approximate surface area is 77.3 Å². The van der Waals surface area contributed by atoms with E-state index in [-0.39, 0.29) is 6.10 Å². The quantitative estimate of drug-likeness (QED) is 0.363. The van der Waals surface area contributed by atoms with Crippen LogP contribution in [0.5, 0.6) is 0 Å². The number of alkyl halides is 1. The smallest absolute Gasteiger partial charge is 0.0932 e. The fraction of sp³-hybridized carbons (Fsp3) is 0.556. The molecule has 64 valence electrons. The molecule has 0 aromatic rings. The Morgan fingerprint density at radius 2 is 1.91 bits per heavy atom. The topological polar surface area (TPSA) is 9.23 Å². The minimum atomic E-state index is 0.0188. The summed E-state index contributed by atoms with van der Waals surface area (Å²) in [6.07, 6.45) is 5.76. The molecular weight excluding hydrogens is 204 g/mol. The van der Waals surface area contributed by atoms with Gasteiger partial charge in [-0.3, -0.25) is 0 Å². The van der Waals surface area contributed by atoms with E-state index in [9.17, 15) is 0 Å². The minimum Gasteiger partial charge on any atom is -0.370 e. The van der Waals surface area contributed by atoms with Gasteiger partial charge in [0.05, 0.1) is 6.10 Å². The molecule has 11 heavy (non-hydrogen) atoms. The standard InChI is InChI=1S/C9H15BrO/c1-3-9(4-2)11-8-6-5-7-10/h3-4,9H,1-2,5-8H2. The van der Waals surface area contributed by atoms with E-state index in [1.807, 2.05) is 0 Å². The zero-order chi connectivity index (χ0) is 8.53. The van der Waals surface area contributed by atoms with Crippen LogP contribution in [0.1, 0.15) is 12.8 Å². The summed E-state index contributed by atoms with van der Waals surface area (Å²) < 4.78 is 5.39. The molecule has 0 fully saturated rings. The molecule has 0 saturated heterocycles. The van der Waals surface area contributed by atoms with Gasteiger partial charge in [-0.05, 0) is 12.8 Å². The molecule has 2 heteroatoms. The second kappa shape index (κ2) is 8.02. The molecule has 0 aromatic heterocycles. The maximum Gasteiger partial charge on any atom is 0.0932 e. The Bertz CT molecular complexity index is 104. The first-order valence-electron chi connectivity index (χ1n) is 3.77. The first kappa shape index (κ1) is 10.9. The van der Waals surface area contributed by atoms with Gasteiger partial charge in [0.2, 0.25) is 0 Å². The number of rotatable bonds is 7. The van der Waals surface area contributed by atoms with E-state index in [0.29, 0.717) is 0 Å². The summed E-state index contributed by atoms with van der Waals surface area (Å²) in [4.78, 5) is 0. The maximum absolute atomic E-state index is 5.39. The second-order valence-electron chi connectivity index (χ2n) is 2.20. The summed E-state index contributed by atoms with van der Waals surface area (Å²) >= 11 is 3.35. The predicted molar refractivity (Wildman–Crippen MR) is 53.2 cm³/mol. The molecule has 0 bridgehead atoms. The van der Waals surface area contributed by atoms with Crippen molar-refractivity contribution in [2.45, 2.75) is 18.9 Å². The van der Waals surface area contributed by atoms with Gasteiger partial charge in [0.1, 0.15) is 0 Å². The maximum atomic E-state index is 5.39. The molecule has 0 spiro atoms. The van der Waals surface area contributed by atoms with Crippen LogP contribution in [0.25, 0.3) is 0 Å². The Kier molecular flexibility index (Phi) is 7.96. The van der Waals surface area contributed by atoms with Crippen molar-refractivity contribution in [1.29, 1.82) is 0 Å². The largest absolute Gasteiger partial charge is 0.370 e. The third-order valence-corrected chi connectivity index (χ3v) is 1.86. The van der Waals surface area contributed by atoms with E-state index >= 15 is 0 Å². The van der Waals surface area contributed by atoms with Gasteiger partial charge in [-0.15, -0.1) is 13.2 Å². The van der Waals surface area contributed by atoms with Gasteiger partial charge < -0.3 is 4.74 Å². The molecule has 0 rings (SSSR count). The Balaban J connectivity index is 3.21. The lowest BCUT2D eigenvalue weighted by molar-refractivity contribution is 0.113. The van der Waals surface area contributed by atoms with Crippen molar-refractivity contribution in [2.24, 2.45) is 0 Å². The highest BCUT2D eigenvalue weighted by atomic mass is 79.9.